The number of hydrogen-bond acceptors (Lipinski definition) is 8. The summed E-state index contributed by atoms with van der Waals surface area (Å²) in [7, 11) is 0. The highest BCUT2D eigenvalue weighted by molar-refractivity contribution is 7.80. The van der Waals surface area contributed by atoms with Gasteiger partial charge in [0, 0.05) is 5.75 Å². The lowest BCUT2D eigenvalue weighted by molar-refractivity contribution is -0.147. The van der Waals surface area contributed by atoms with Crippen molar-refractivity contribution in [3.63, 3.8) is 0 Å². The number of rotatable bonds is 11. The van der Waals surface area contributed by atoms with E-state index in [1.807, 2.05) is 5.32 Å². The van der Waals surface area contributed by atoms with Gasteiger partial charge < -0.3 is 37.0 Å². The molecule has 8 N–H and O–H groups in total. The van der Waals surface area contributed by atoms with Crippen molar-refractivity contribution in [2.75, 3.05) is 12.4 Å². The predicted octanol–water partition coefficient (Wildman–Crippen LogP) is -3.73. The first-order chi connectivity index (χ1) is 12.0. The van der Waals surface area contributed by atoms with Crippen LogP contribution < -0.4 is 21.7 Å². The molecule has 0 aromatic rings. The normalized spacial score (nSPS) is 15.1. The molecule has 0 aliphatic carbocycles. The van der Waals surface area contributed by atoms with Gasteiger partial charge in [0.2, 0.25) is 17.7 Å². The van der Waals surface area contributed by atoms with Crippen LogP contribution in [0.15, 0.2) is 0 Å². The Morgan fingerprint density at radius 3 is 1.92 bits per heavy atom. The highest BCUT2D eigenvalue weighted by Crippen LogP contribution is 1.96. The van der Waals surface area contributed by atoms with Gasteiger partial charge in [-0.2, -0.15) is 12.6 Å². The molecule has 0 saturated carbocycles. The van der Waals surface area contributed by atoms with E-state index in [1.54, 1.807) is 0 Å². The number of amides is 3. The van der Waals surface area contributed by atoms with Gasteiger partial charge in [-0.05, 0) is 6.92 Å². The summed E-state index contributed by atoms with van der Waals surface area (Å²) in [6, 6.07) is -5.34. The van der Waals surface area contributed by atoms with E-state index in [0.717, 1.165) is 0 Å². The third kappa shape index (κ3) is 8.13. The molecule has 0 aliphatic rings. The molecule has 0 aliphatic heterocycles. The van der Waals surface area contributed by atoms with Crippen LogP contribution in [0.3, 0.4) is 0 Å². The standard InChI is InChI=1S/C13H22N4O8S/c1-5(10(21)16-7(13(24)25)2-9(19)20)15-12(23)8(3-18)17-11(22)6(14)4-26/h5-8,18,26H,2-4,14H2,1H3,(H,15,23)(H,16,21)(H,17,22)(H,19,20)(H,24,25). The van der Waals surface area contributed by atoms with Gasteiger partial charge in [-0.3, -0.25) is 19.2 Å². The first-order valence-electron chi connectivity index (χ1n) is 7.36. The molecular formula is C13H22N4O8S. The van der Waals surface area contributed by atoms with E-state index in [-0.39, 0.29) is 5.75 Å². The molecule has 0 spiro atoms. The van der Waals surface area contributed by atoms with Crippen molar-refractivity contribution in [1.82, 2.24) is 16.0 Å². The molecule has 0 aromatic heterocycles. The smallest absolute Gasteiger partial charge is 0.326 e. The average molecular weight is 394 g/mol. The van der Waals surface area contributed by atoms with E-state index >= 15 is 0 Å². The Bertz CT molecular complexity index is 558. The highest BCUT2D eigenvalue weighted by Gasteiger charge is 2.28. The van der Waals surface area contributed by atoms with E-state index in [9.17, 15) is 29.1 Å². The molecule has 0 aromatic carbocycles. The molecule has 0 heterocycles. The van der Waals surface area contributed by atoms with E-state index < -0.39 is 66.9 Å². The van der Waals surface area contributed by atoms with Gasteiger partial charge >= 0.3 is 11.9 Å². The van der Waals surface area contributed by atoms with Gasteiger partial charge in [0.1, 0.15) is 18.1 Å². The van der Waals surface area contributed by atoms with Gasteiger partial charge in [-0.25, -0.2) is 4.79 Å². The second-order valence-electron chi connectivity index (χ2n) is 5.26. The van der Waals surface area contributed by atoms with Crippen LogP contribution in [0.1, 0.15) is 13.3 Å². The van der Waals surface area contributed by atoms with Crippen LogP contribution in [0, 0.1) is 0 Å². The number of hydrogen-bond donors (Lipinski definition) is 8. The fourth-order valence-corrected chi connectivity index (χ4v) is 1.77. The fraction of sp³-hybridized carbons (Fsp3) is 0.615. The zero-order valence-electron chi connectivity index (χ0n) is 13.8. The lowest BCUT2D eigenvalue weighted by Crippen LogP contribution is -2.57. The molecule has 26 heavy (non-hydrogen) atoms. The van der Waals surface area contributed by atoms with Crippen LogP contribution in [-0.4, -0.2) is 81.5 Å². The summed E-state index contributed by atoms with van der Waals surface area (Å²) in [5.41, 5.74) is 5.42. The summed E-state index contributed by atoms with van der Waals surface area (Å²) >= 11 is 3.82. The zero-order valence-corrected chi connectivity index (χ0v) is 14.7. The van der Waals surface area contributed by atoms with E-state index in [0.29, 0.717) is 0 Å². The Morgan fingerprint density at radius 1 is 0.962 bits per heavy atom. The molecule has 3 amide bonds. The molecular weight excluding hydrogens is 372 g/mol. The van der Waals surface area contributed by atoms with Crippen molar-refractivity contribution in [2.45, 2.75) is 37.5 Å². The van der Waals surface area contributed by atoms with Crippen molar-refractivity contribution in [3.8, 4) is 0 Å². The van der Waals surface area contributed by atoms with Crippen LogP contribution in [0.4, 0.5) is 0 Å². The van der Waals surface area contributed by atoms with Crippen LogP contribution in [0.5, 0.6) is 0 Å². The number of nitrogens with two attached hydrogens (primary N) is 1. The lowest BCUT2D eigenvalue weighted by Gasteiger charge is -2.21. The topological polar surface area (TPSA) is 208 Å². The minimum atomic E-state index is -1.68. The summed E-state index contributed by atoms with van der Waals surface area (Å²) < 4.78 is 0. The van der Waals surface area contributed by atoms with E-state index in [4.69, 9.17) is 15.9 Å². The molecule has 148 valence electrons. The van der Waals surface area contributed by atoms with Crippen molar-refractivity contribution in [1.29, 1.82) is 0 Å². The Balaban J connectivity index is 4.79. The van der Waals surface area contributed by atoms with Crippen LogP contribution >= 0.6 is 12.6 Å². The molecule has 0 fully saturated rings. The van der Waals surface area contributed by atoms with Crippen LogP contribution in [-0.2, 0) is 24.0 Å². The molecule has 4 atom stereocenters. The van der Waals surface area contributed by atoms with Crippen molar-refractivity contribution in [2.24, 2.45) is 5.73 Å². The van der Waals surface area contributed by atoms with E-state index in [2.05, 4.69) is 23.3 Å². The molecule has 0 bridgehead atoms. The zero-order chi connectivity index (χ0) is 20.4. The minimum absolute atomic E-state index is 0.00453. The molecule has 0 radical (unpaired) electrons. The van der Waals surface area contributed by atoms with Gasteiger partial charge in [-0.1, -0.05) is 0 Å². The predicted molar refractivity (Wildman–Crippen MR) is 90.3 cm³/mol. The first-order valence-corrected chi connectivity index (χ1v) is 7.99. The van der Waals surface area contributed by atoms with Crippen LogP contribution in [0.2, 0.25) is 0 Å². The maximum atomic E-state index is 12.0. The number of thiol groups is 1. The monoisotopic (exact) mass is 394 g/mol. The summed E-state index contributed by atoms with van der Waals surface area (Å²) in [4.78, 5) is 57.0. The second-order valence-corrected chi connectivity index (χ2v) is 5.63. The van der Waals surface area contributed by atoms with E-state index in [1.165, 1.54) is 6.92 Å². The maximum absolute atomic E-state index is 12.0. The Hall–Kier alpha value is -2.38. The fourth-order valence-electron chi connectivity index (χ4n) is 1.61. The highest BCUT2D eigenvalue weighted by atomic mass is 32.1. The molecule has 12 nitrogen and oxygen atoms in total. The average Bonchev–Trinajstić information content (AvgIpc) is 2.56. The number of carboxylic acid groups (broad SMARTS) is 2. The van der Waals surface area contributed by atoms with Gasteiger partial charge in [0.15, 0.2) is 0 Å². The number of carboxylic acids is 2. The minimum Gasteiger partial charge on any atom is -0.481 e. The van der Waals surface area contributed by atoms with Gasteiger partial charge in [-0.15, -0.1) is 0 Å². The summed E-state index contributed by atoms with van der Waals surface area (Å²) in [5, 5.41) is 33.0. The number of aliphatic hydroxyl groups is 1. The Kier molecular flexibility index (Phi) is 10.2. The second kappa shape index (κ2) is 11.3. The quantitative estimate of drug-likeness (QED) is 0.162. The first kappa shape index (κ1) is 23.6. The number of aliphatic carboxylic acids is 2. The SMILES string of the molecule is CC(NC(=O)C(CO)NC(=O)C(N)CS)C(=O)NC(CC(=O)O)C(=O)O. The maximum Gasteiger partial charge on any atom is 0.326 e. The number of aliphatic hydroxyl groups excluding tert-OH is 1. The summed E-state index contributed by atoms with van der Waals surface area (Å²) in [6.07, 6.45) is -0.849. The van der Waals surface area contributed by atoms with Gasteiger partial charge in [0.25, 0.3) is 0 Å². The number of nitrogens with one attached hydrogen (secondary N) is 3. The number of carbonyl (C=O) groups excluding carboxylic acids is 3. The van der Waals surface area contributed by atoms with Crippen LogP contribution in [0.25, 0.3) is 0 Å². The molecule has 4 unspecified atom stereocenters. The largest absolute Gasteiger partial charge is 0.481 e. The lowest BCUT2D eigenvalue weighted by atomic mass is 10.2. The Morgan fingerprint density at radius 2 is 1.50 bits per heavy atom. The molecule has 0 saturated heterocycles. The molecule has 0 rings (SSSR count). The van der Waals surface area contributed by atoms with Crippen molar-refractivity contribution >= 4 is 42.3 Å². The third-order valence-corrected chi connectivity index (χ3v) is 3.49. The van der Waals surface area contributed by atoms with Crippen molar-refractivity contribution < 1.29 is 39.3 Å². The third-order valence-electron chi connectivity index (χ3n) is 3.09. The molecule has 13 heteroatoms. The van der Waals surface area contributed by atoms with Gasteiger partial charge in [0.05, 0.1) is 19.1 Å². The number of carbonyl (C=O) groups is 5. The summed E-state index contributed by atoms with van der Waals surface area (Å²) in [6.45, 7) is 0.435. The Labute approximate surface area is 153 Å². The summed E-state index contributed by atoms with van der Waals surface area (Å²) in [5.74, 6) is -5.59. The van der Waals surface area contributed by atoms with Crippen molar-refractivity contribution in [3.05, 3.63) is 0 Å².